The van der Waals surface area contributed by atoms with Gasteiger partial charge in [-0.15, -0.1) is 0 Å². The summed E-state index contributed by atoms with van der Waals surface area (Å²) in [7, 11) is 0. The number of hydrogen-bond donors (Lipinski definition) is 1. The van der Waals surface area contributed by atoms with Gasteiger partial charge in [-0.2, -0.15) is 0 Å². The first-order chi connectivity index (χ1) is 8.56. The number of amides is 1. The molecule has 1 fully saturated rings. The van der Waals surface area contributed by atoms with Gasteiger partial charge in [-0.05, 0) is 13.0 Å². The number of thiocarbonyl (C=S) groups is 1. The molecular weight excluding hydrogens is 274 g/mol. The van der Waals surface area contributed by atoms with Crippen LogP contribution >= 0.6 is 23.8 Å². The zero-order chi connectivity index (χ0) is 13.1. The number of carbonyl (C=O) groups is 1. The van der Waals surface area contributed by atoms with Crippen molar-refractivity contribution in [3.63, 3.8) is 0 Å². The summed E-state index contributed by atoms with van der Waals surface area (Å²) in [5, 5.41) is 3.46. The van der Waals surface area contributed by atoms with Crippen molar-refractivity contribution in [3.05, 3.63) is 23.5 Å². The highest BCUT2D eigenvalue weighted by atomic mass is 35.5. The van der Waals surface area contributed by atoms with E-state index in [-0.39, 0.29) is 6.10 Å². The van der Waals surface area contributed by atoms with Crippen LogP contribution in [0.2, 0.25) is 5.02 Å². The number of cyclic esters (lactones) is 1. The largest absolute Gasteiger partial charge is 0.442 e. The van der Waals surface area contributed by atoms with Crippen LogP contribution < -0.4 is 10.2 Å². The van der Waals surface area contributed by atoms with Gasteiger partial charge >= 0.3 is 6.09 Å². The number of rotatable bonds is 3. The fourth-order valence-electron chi connectivity index (χ4n) is 1.64. The van der Waals surface area contributed by atoms with Gasteiger partial charge in [0.15, 0.2) is 0 Å². The van der Waals surface area contributed by atoms with Crippen LogP contribution in [-0.2, 0) is 4.74 Å². The summed E-state index contributed by atoms with van der Waals surface area (Å²) < 4.78 is 5.21. The maximum Gasteiger partial charge on any atom is 0.414 e. The van der Waals surface area contributed by atoms with Crippen LogP contribution in [0.15, 0.2) is 18.5 Å². The second-order valence-corrected chi connectivity index (χ2v) is 4.96. The predicted molar refractivity (Wildman–Crippen MR) is 73.1 cm³/mol. The van der Waals surface area contributed by atoms with Crippen LogP contribution in [0.3, 0.4) is 0 Å². The molecule has 1 saturated heterocycles. The predicted octanol–water partition coefficient (Wildman–Crippen LogP) is 2.00. The number of hydrogen-bond acceptors (Lipinski definition) is 4. The highest BCUT2D eigenvalue weighted by Crippen LogP contribution is 2.23. The van der Waals surface area contributed by atoms with Crippen molar-refractivity contribution in [2.75, 3.05) is 18.0 Å². The van der Waals surface area contributed by atoms with Crippen LogP contribution in [0.5, 0.6) is 0 Å². The molecule has 0 unspecified atom stereocenters. The summed E-state index contributed by atoms with van der Waals surface area (Å²) in [6.45, 7) is 2.74. The Hall–Kier alpha value is -1.40. The number of ether oxygens (including phenoxy) is 1. The summed E-state index contributed by atoms with van der Waals surface area (Å²) >= 11 is 10.7. The third-order valence-electron chi connectivity index (χ3n) is 2.45. The minimum absolute atomic E-state index is 0.227. The average molecular weight is 286 g/mol. The molecule has 2 heterocycles. The molecule has 0 radical (unpaired) electrons. The average Bonchev–Trinajstić information content (AvgIpc) is 2.68. The van der Waals surface area contributed by atoms with Gasteiger partial charge in [0.05, 0.1) is 35.0 Å². The quantitative estimate of drug-likeness (QED) is 0.861. The van der Waals surface area contributed by atoms with E-state index in [2.05, 4.69) is 10.3 Å². The summed E-state index contributed by atoms with van der Waals surface area (Å²) in [5.41, 5.74) is 0.633. The van der Waals surface area contributed by atoms with Crippen molar-refractivity contribution in [1.29, 1.82) is 0 Å². The number of nitrogens with one attached hydrogen (secondary N) is 1. The highest BCUT2D eigenvalue weighted by molar-refractivity contribution is 7.80. The van der Waals surface area contributed by atoms with Crippen LogP contribution in [0, 0.1) is 0 Å². The number of halogens is 1. The zero-order valence-electron chi connectivity index (χ0n) is 9.72. The third kappa shape index (κ3) is 3.08. The van der Waals surface area contributed by atoms with Crippen molar-refractivity contribution >= 4 is 40.6 Å². The molecule has 7 heteroatoms. The molecule has 1 atom stereocenters. The maximum atomic E-state index is 11.7. The fourth-order valence-corrected chi connectivity index (χ4v) is 1.90. The number of carbonyl (C=O) groups excluding carboxylic acids is 1. The summed E-state index contributed by atoms with van der Waals surface area (Å²) in [4.78, 5) is 17.8. The van der Waals surface area contributed by atoms with Crippen molar-refractivity contribution in [2.45, 2.75) is 13.0 Å². The van der Waals surface area contributed by atoms with E-state index in [1.165, 1.54) is 11.1 Å². The maximum absolute atomic E-state index is 11.7. The van der Waals surface area contributed by atoms with Gasteiger partial charge in [-0.1, -0.05) is 23.8 Å². The van der Waals surface area contributed by atoms with Gasteiger partial charge in [0.25, 0.3) is 0 Å². The normalized spacial score (nSPS) is 18.7. The fraction of sp³-hybridized carbons (Fsp3) is 0.364. The van der Waals surface area contributed by atoms with Crippen molar-refractivity contribution in [2.24, 2.45) is 0 Å². The van der Waals surface area contributed by atoms with Crippen LogP contribution in [-0.4, -0.2) is 35.3 Å². The lowest BCUT2D eigenvalue weighted by atomic mass is 10.3. The molecule has 96 valence electrons. The lowest BCUT2D eigenvalue weighted by Crippen LogP contribution is -2.32. The van der Waals surface area contributed by atoms with E-state index in [1.54, 1.807) is 19.2 Å². The first-order valence-electron chi connectivity index (χ1n) is 5.39. The first kappa shape index (κ1) is 13.0. The molecule has 5 nitrogen and oxygen atoms in total. The number of aromatic nitrogens is 1. The van der Waals surface area contributed by atoms with Crippen molar-refractivity contribution in [1.82, 2.24) is 10.3 Å². The minimum Gasteiger partial charge on any atom is -0.442 e. The molecule has 1 aromatic heterocycles. The standard InChI is InChI=1S/C11H12ClN3O2S/c1-7(18)14-5-10-6-15(11(16)17-10)9-2-8(12)3-13-4-9/h2-4,10H,5-6H2,1H3,(H,14,18)/t10-/m0/s1. The molecule has 1 amide bonds. The smallest absolute Gasteiger partial charge is 0.414 e. The molecule has 1 aliphatic heterocycles. The molecule has 2 rings (SSSR count). The molecule has 0 aromatic carbocycles. The van der Waals surface area contributed by atoms with Gasteiger partial charge in [0, 0.05) is 6.20 Å². The van der Waals surface area contributed by atoms with Crippen LogP contribution in [0.1, 0.15) is 6.92 Å². The van der Waals surface area contributed by atoms with Gasteiger partial charge in [-0.25, -0.2) is 4.79 Å². The Balaban J connectivity index is 2.03. The molecule has 1 N–H and O–H groups in total. The second kappa shape index (κ2) is 5.49. The number of pyridine rings is 1. The molecule has 0 saturated carbocycles. The van der Waals surface area contributed by atoms with E-state index in [4.69, 9.17) is 28.6 Å². The molecule has 0 aliphatic carbocycles. The second-order valence-electron chi connectivity index (χ2n) is 3.91. The Bertz CT molecular complexity index is 483. The van der Waals surface area contributed by atoms with Crippen molar-refractivity contribution < 1.29 is 9.53 Å². The van der Waals surface area contributed by atoms with E-state index in [0.29, 0.717) is 28.8 Å². The van der Waals surface area contributed by atoms with E-state index < -0.39 is 6.09 Å². The zero-order valence-corrected chi connectivity index (χ0v) is 11.3. The Morgan fingerprint density at radius 3 is 3.17 bits per heavy atom. The molecule has 1 aliphatic rings. The minimum atomic E-state index is -0.395. The first-order valence-corrected chi connectivity index (χ1v) is 6.18. The molecule has 18 heavy (non-hydrogen) atoms. The summed E-state index contributed by atoms with van der Waals surface area (Å²) in [5.74, 6) is 0. The molecule has 0 spiro atoms. The van der Waals surface area contributed by atoms with E-state index in [9.17, 15) is 4.79 Å². The Labute approximate surface area is 115 Å². The van der Waals surface area contributed by atoms with E-state index in [0.717, 1.165) is 0 Å². The van der Waals surface area contributed by atoms with Crippen molar-refractivity contribution in [3.8, 4) is 0 Å². The highest BCUT2D eigenvalue weighted by Gasteiger charge is 2.32. The van der Waals surface area contributed by atoms with E-state index in [1.807, 2.05) is 0 Å². The molecular formula is C11H12ClN3O2S. The van der Waals surface area contributed by atoms with Gasteiger partial charge < -0.3 is 10.1 Å². The van der Waals surface area contributed by atoms with Gasteiger partial charge in [-0.3, -0.25) is 9.88 Å². The SMILES string of the molecule is CC(=S)NC[C@H]1CN(c2cncc(Cl)c2)C(=O)O1. The lowest BCUT2D eigenvalue weighted by molar-refractivity contribution is 0.143. The van der Waals surface area contributed by atoms with Gasteiger partial charge in [0.1, 0.15) is 6.10 Å². The topological polar surface area (TPSA) is 54.5 Å². The molecule has 1 aromatic rings. The Morgan fingerprint density at radius 2 is 2.50 bits per heavy atom. The third-order valence-corrected chi connectivity index (χ3v) is 2.81. The van der Waals surface area contributed by atoms with Crippen LogP contribution in [0.4, 0.5) is 10.5 Å². The summed E-state index contributed by atoms with van der Waals surface area (Å²) in [6, 6.07) is 1.68. The molecule has 0 bridgehead atoms. The lowest BCUT2D eigenvalue weighted by Gasteiger charge is -2.12. The summed E-state index contributed by atoms with van der Waals surface area (Å²) in [6.07, 6.45) is 2.47. The Morgan fingerprint density at radius 1 is 1.72 bits per heavy atom. The van der Waals surface area contributed by atoms with Crippen LogP contribution in [0.25, 0.3) is 0 Å². The Kier molecular flexibility index (Phi) is 3.98. The van der Waals surface area contributed by atoms with E-state index >= 15 is 0 Å². The monoisotopic (exact) mass is 285 g/mol. The number of nitrogens with zero attached hydrogens (tertiary/aromatic N) is 2. The number of anilines is 1. The van der Waals surface area contributed by atoms with Gasteiger partial charge in [0.2, 0.25) is 0 Å².